The van der Waals surface area contributed by atoms with Crippen LogP contribution in [0.3, 0.4) is 0 Å². The highest BCUT2D eigenvalue weighted by molar-refractivity contribution is 7.89. The van der Waals surface area contributed by atoms with Crippen LogP contribution >= 0.6 is 0 Å². The number of nitrogens with one attached hydrogen (secondary N) is 2. The lowest BCUT2D eigenvalue weighted by Gasteiger charge is -2.15. The molecule has 0 saturated heterocycles. The molecule has 0 radical (unpaired) electrons. The topological polar surface area (TPSA) is 93.2 Å². The van der Waals surface area contributed by atoms with Crippen LogP contribution in [0.15, 0.2) is 17.3 Å². The Morgan fingerprint density at radius 2 is 1.95 bits per heavy atom. The molecule has 0 amide bonds. The van der Waals surface area contributed by atoms with E-state index in [-0.39, 0.29) is 10.9 Å². The molecule has 0 aromatic carbocycles. The molecule has 1 aromatic rings. The molecular formula is C12H22N4O3S. The fourth-order valence-corrected chi connectivity index (χ4v) is 2.70. The molecule has 7 nitrogen and oxygen atoms in total. The monoisotopic (exact) mass is 302 g/mol. The third-order valence-corrected chi connectivity index (χ3v) is 4.13. The minimum absolute atomic E-state index is 0.0501. The maximum Gasteiger partial charge on any atom is 0.243 e. The molecule has 0 aliphatic heterocycles. The van der Waals surface area contributed by atoms with Crippen molar-refractivity contribution in [1.29, 1.82) is 0 Å². The third-order valence-electron chi connectivity index (χ3n) is 2.65. The van der Waals surface area contributed by atoms with Gasteiger partial charge in [0.2, 0.25) is 16.0 Å². The van der Waals surface area contributed by atoms with E-state index in [0.717, 1.165) is 13.0 Å². The molecule has 1 heterocycles. The van der Waals surface area contributed by atoms with E-state index in [0.29, 0.717) is 19.0 Å². The maximum absolute atomic E-state index is 12.1. The molecular weight excluding hydrogens is 280 g/mol. The van der Waals surface area contributed by atoms with Gasteiger partial charge in [-0.05, 0) is 12.8 Å². The molecule has 0 fully saturated rings. The average Bonchev–Trinajstić information content (AvgIpc) is 2.45. The van der Waals surface area contributed by atoms with Crippen LogP contribution in [0.1, 0.15) is 26.7 Å². The molecule has 1 unspecified atom stereocenters. The molecule has 0 aliphatic carbocycles. The summed E-state index contributed by atoms with van der Waals surface area (Å²) in [4.78, 5) is 8.03. The van der Waals surface area contributed by atoms with Gasteiger partial charge in [0, 0.05) is 19.7 Å². The molecule has 20 heavy (non-hydrogen) atoms. The summed E-state index contributed by atoms with van der Waals surface area (Å²) in [5.74, 6) is 0.426. The minimum Gasteiger partial charge on any atom is -0.383 e. The summed E-state index contributed by atoms with van der Waals surface area (Å²) < 4.78 is 31.8. The SMILES string of the molecule is CCCNc1ncc(S(=O)(=O)NC(CC)COC)cn1. The number of nitrogens with zero attached hydrogens (tertiary/aromatic N) is 2. The Kier molecular flexibility index (Phi) is 6.83. The van der Waals surface area contributed by atoms with E-state index in [1.54, 1.807) is 0 Å². The summed E-state index contributed by atoms with van der Waals surface area (Å²) in [7, 11) is -2.08. The van der Waals surface area contributed by atoms with Gasteiger partial charge in [-0.25, -0.2) is 23.1 Å². The van der Waals surface area contributed by atoms with Crippen LogP contribution in [0.2, 0.25) is 0 Å². The Morgan fingerprint density at radius 1 is 1.30 bits per heavy atom. The van der Waals surface area contributed by atoms with Crippen molar-refractivity contribution in [3.8, 4) is 0 Å². The average molecular weight is 302 g/mol. The Balaban J connectivity index is 2.76. The highest BCUT2D eigenvalue weighted by Gasteiger charge is 2.19. The van der Waals surface area contributed by atoms with Gasteiger partial charge in [0.25, 0.3) is 0 Å². The largest absolute Gasteiger partial charge is 0.383 e. The first-order valence-electron chi connectivity index (χ1n) is 6.60. The number of ether oxygens (including phenoxy) is 1. The molecule has 1 aromatic heterocycles. The summed E-state index contributed by atoms with van der Waals surface area (Å²) in [6, 6.07) is -0.261. The van der Waals surface area contributed by atoms with Crippen LogP contribution in [0.5, 0.6) is 0 Å². The van der Waals surface area contributed by atoms with Gasteiger partial charge in [0.05, 0.1) is 19.0 Å². The smallest absolute Gasteiger partial charge is 0.243 e. The van der Waals surface area contributed by atoms with E-state index in [1.165, 1.54) is 19.5 Å². The van der Waals surface area contributed by atoms with Crippen molar-refractivity contribution in [2.24, 2.45) is 0 Å². The molecule has 0 saturated carbocycles. The molecule has 1 atom stereocenters. The third kappa shape index (κ3) is 5.03. The lowest BCUT2D eigenvalue weighted by Crippen LogP contribution is -2.37. The van der Waals surface area contributed by atoms with Gasteiger partial charge in [-0.15, -0.1) is 0 Å². The normalized spacial score (nSPS) is 13.2. The highest BCUT2D eigenvalue weighted by Crippen LogP contribution is 2.09. The van der Waals surface area contributed by atoms with Crippen molar-refractivity contribution in [2.75, 3.05) is 25.6 Å². The first kappa shape index (κ1) is 16.8. The Morgan fingerprint density at radius 3 is 2.45 bits per heavy atom. The Hall–Kier alpha value is -1.25. The number of hydrogen-bond acceptors (Lipinski definition) is 6. The van der Waals surface area contributed by atoms with Crippen molar-refractivity contribution in [1.82, 2.24) is 14.7 Å². The van der Waals surface area contributed by atoms with Crippen LogP contribution in [0, 0.1) is 0 Å². The van der Waals surface area contributed by atoms with Crippen molar-refractivity contribution >= 4 is 16.0 Å². The Bertz CT molecular complexity index is 490. The van der Waals surface area contributed by atoms with E-state index < -0.39 is 10.0 Å². The lowest BCUT2D eigenvalue weighted by atomic mass is 10.3. The molecule has 114 valence electrons. The van der Waals surface area contributed by atoms with Gasteiger partial charge in [-0.3, -0.25) is 0 Å². The zero-order valence-corrected chi connectivity index (χ0v) is 12.9. The summed E-state index contributed by atoms with van der Waals surface area (Å²) in [5.41, 5.74) is 0. The quantitative estimate of drug-likeness (QED) is 0.707. The van der Waals surface area contributed by atoms with Crippen LogP contribution in [0.4, 0.5) is 5.95 Å². The van der Waals surface area contributed by atoms with Gasteiger partial charge in [0.15, 0.2) is 0 Å². The zero-order valence-electron chi connectivity index (χ0n) is 12.1. The fourth-order valence-electron chi connectivity index (χ4n) is 1.51. The second-order valence-corrected chi connectivity index (χ2v) is 6.06. The number of hydrogen-bond donors (Lipinski definition) is 2. The zero-order chi connectivity index (χ0) is 15.0. The van der Waals surface area contributed by atoms with Gasteiger partial charge in [-0.2, -0.15) is 0 Å². The van der Waals surface area contributed by atoms with E-state index in [9.17, 15) is 8.42 Å². The van der Waals surface area contributed by atoms with Gasteiger partial charge in [-0.1, -0.05) is 13.8 Å². The number of sulfonamides is 1. The lowest BCUT2D eigenvalue weighted by molar-refractivity contribution is 0.173. The van der Waals surface area contributed by atoms with Crippen molar-refractivity contribution in [2.45, 2.75) is 37.6 Å². The summed E-state index contributed by atoms with van der Waals surface area (Å²) in [5, 5.41) is 2.99. The van der Waals surface area contributed by atoms with Crippen LogP contribution < -0.4 is 10.0 Å². The molecule has 8 heteroatoms. The maximum atomic E-state index is 12.1. The number of rotatable bonds is 9. The van der Waals surface area contributed by atoms with Gasteiger partial charge >= 0.3 is 0 Å². The number of methoxy groups -OCH3 is 1. The fraction of sp³-hybridized carbons (Fsp3) is 0.667. The summed E-state index contributed by atoms with van der Waals surface area (Å²) in [6.45, 7) is 4.99. The Labute approximate surface area is 120 Å². The molecule has 0 spiro atoms. The van der Waals surface area contributed by atoms with Crippen molar-refractivity contribution < 1.29 is 13.2 Å². The second kappa shape index (κ2) is 8.13. The first-order valence-corrected chi connectivity index (χ1v) is 8.09. The van der Waals surface area contributed by atoms with Crippen LogP contribution in [-0.4, -0.2) is 44.7 Å². The first-order chi connectivity index (χ1) is 9.53. The summed E-state index contributed by atoms with van der Waals surface area (Å²) in [6.07, 6.45) is 4.18. The minimum atomic E-state index is -3.61. The molecule has 1 rings (SSSR count). The van der Waals surface area contributed by atoms with Crippen molar-refractivity contribution in [3.63, 3.8) is 0 Å². The predicted molar refractivity (Wildman–Crippen MR) is 77.1 cm³/mol. The molecule has 0 bridgehead atoms. The number of anilines is 1. The van der Waals surface area contributed by atoms with E-state index >= 15 is 0 Å². The van der Waals surface area contributed by atoms with E-state index in [4.69, 9.17) is 4.74 Å². The van der Waals surface area contributed by atoms with E-state index in [2.05, 4.69) is 20.0 Å². The standard InChI is InChI=1S/C12H22N4O3S/c1-4-6-13-12-14-7-11(8-15-12)20(17,18)16-10(5-2)9-19-3/h7-8,10,16H,4-6,9H2,1-3H3,(H,13,14,15). The summed E-state index contributed by atoms with van der Waals surface area (Å²) >= 11 is 0. The van der Waals surface area contributed by atoms with Crippen LogP contribution in [-0.2, 0) is 14.8 Å². The molecule has 2 N–H and O–H groups in total. The van der Waals surface area contributed by atoms with Crippen molar-refractivity contribution in [3.05, 3.63) is 12.4 Å². The van der Waals surface area contributed by atoms with Gasteiger partial charge < -0.3 is 10.1 Å². The van der Waals surface area contributed by atoms with Crippen LogP contribution in [0.25, 0.3) is 0 Å². The van der Waals surface area contributed by atoms with E-state index in [1.807, 2.05) is 13.8 Å². The predicted octanol–water partition coefficient (Wildman–Crippen LogP) is 1.00. The van der Waals surface area contributed by atoms with Gasteiger partial charge in [0.1, 0.15) is 4.90 Å². The highest BCUT2D eigenvalue weighted by atomic mass is 32.2. The second-order valence-electron chi connectivity index (χ2n) is 4.35. The number of aromatic nitrogens is 2. The molecule has 0 aliphatic rings.